The Balaban J connectivity index is 1.18. The zero-order chi connectivity index (χ0) is 20.9. The van der Waals surface area contributed by atoms with Crippen molar-refractivity contribution in [3.8, 4) is 0 Å². The molecule has 1 N–H and O–H groups in total. The van der Waals surface area contributed by atoms with Gasteiger partial charge in [0, 0.05) is 28.7 Å². The van der Waals surface area contributed by atoms with Crippen LogP contribution in [0.25, 0.3) is 10.2 Å². The number of amides is 1. The van der Waals surface area contributed by atoms with Gasteiger partial charge in [0.15, 0.2) is 5.78 Å². The van der Waals surface area contributed by atoms with E-state index >= 15 is 0 Å². The van der Waals surface area contributed by atoms with Crippen LogP contribution in [-0.2, 0) is 4.74 Å². The number of benzene rings is 2. The number of likely N-dealkylation sites (tertiary alicyclic amines) is 1. The fraction of sp³-hybridized carbons (Fsp3) is 0.318. The summed E-state index contributed by atoms with van der Waals surface area (Å²) in [7, 11) is 0. The van der Waals surface area contributed by atoms with Gasteiger partial charge in [0.2, 0.25) is 0 Å². The number of carbonyl (C=O) groups is 2. The Morgan fingerprint density at radius 2 is 1.93 bits per heavy atom. The number of ether oxygens (including phenoxy) is 1. The molecule has 2 heterocycles. The average Bonchev–Trinajstić information content (AvgIpc) is 3.22. The molecule has 0 atom stereocenters. The minimum absolute atomic E-state index is 0.0355. The van der Waals surface area contributed by atoms with Crippen molar-refractivity contribution >= 4 is 50.7 Å². The summed E-state index contributed by atoms with van der Waals surface area (Å²) in [6.07, 6.45) is 1.15. The van der Waals surface area contributed by atoms with E-state index in [4.69, 9.17) is 16.3 Å². The number of aromatic nitrogens is 1. The third-order valence-electron chi connectivity index (χ3n) is 5.31. The van der Waals surface area contributed by atoms with Crippen LogP contribution in [0.2, 0.25) is 5.02 Å². The molecular formula is C22H22ClN3O3S. The minimum atomic E-state index is -0.466. The number of Topliss-reactive ketones (excluding diaryl/α,β-unsaturated/α-hetero) is 1. The summed E-state index contributed by atoms with van der Waals surface area (Å²) in [6, 6.07) is 12.6. The van der Waals surface area contributed by atoms with Crippen LogP contribution in [0, 0.1) is 5.92 Å². The molecule has 1 saturated heterocycles. The molecule has 1 amide bonds. The maximum atomic E-state index is 12.6. The van der Waals surface area contributed by atoms with Crippen molar-refractivity contribution in [1.82, 2.24) is 9.88 Å². The zero-order valence-corrected chi connectivity index (χ0v) is 17.9. The summed E-state index contributed by atoms with van der Waals surface area (Å²) in [6.45, 7) is 2.60. The van der Waals surface area contributed by atoms with Crippen molar-refractivity contribution in [3.05, 3.63) is 58.6 Å². The second-order valence-electron chi connectivity index (χ2n) is 7.28. The lowest BCUT2D eigenvalue weighted by molar-refractivity contribution is 0.0813. The van der Waals surface area contributed by atoms with Gasteiger partial charge in [-0.3, -0.25) is 15.0 Å². The molecule has 1 aromatic heterocycles. The monoisotopic (exact) mass is 443 g/mol. The number of hydrogen-bond donors (Lipinski definition) is 1. The molecular weight excluding hydrogens is 422 g/mol. The molecule has 8 heteroatoms. The van der Waals surface area contributed by atoms with Crippen LogP contribution in [0.3, 0.4) is 0 Å². The van der Waals surface area contributed by atoms with Gasteiger partial charge in [-0.2, -0.15) is 0 Å². The van der Waals surface area contributed by atoms with Gasteiger partial charge in [0.05, 0.1) is 15.7 Å². The highest BCUT2D eigenvalue weighted by atomic mass is 35.5. The maximum absolute atomic E-state index is 12.6. The summed E-state index contributed by atoms with van der Waals surface area (Å²) >= 11 is 7.42. The van der Waals surface area contributed by atoms with Gasteiger partial charge in [0.1, 0.15) is 6.61 Å². The van der Waals surface area contributed by atoms with Gasteiger partial charge in [-0.15, -0.1) is 11.3 Å². The van der Waals surface area contributed by atoms with Crippen LogP contribution in [-0.4, -0.2) is 48.0 Å². The lowest BCUT2D eigenvalue weighted by Gasteiger charge is -2.31. The number of nitrogens with zero attached hydrogens (tertiary/aromatic N) is 2. The van der Waals surface area contributed by atoms with Crippen LogP contribution in [0.1, 0.15) is 23.2 Å². The van der Waals surface area contributed by atoms with E-state index in [0.717, 1.165) is 41.7 Å². The molecule has 4 rings (SSSR count). The zero-order valence-electron chi connectivity index (χ0n) is 16.3. The van der Waals surface area contributed by atoms with Gasteiger partial charge in [0.25, 0.3) is 0 Å². The van der Waals surface area contributed by atoms with E-state index in [-0.39, 0.29) is 11.7 Å². The number of anilines is 1. The second kappa shape index (κ2) is 9.55. The van der Waals surface area contributed by atoms with E-state index in [9.17, 15) is 9.59 Å². The highest BCUT2D eigenvalue weighted by molar-refractivity contribution is 7.16. The van der Waals surface area contributed by atoms with Crippen LogP contribution >= 0.6 is 22.9 Å². The molecule has 1 aliphatic heterocycles. The summed E-state index contributed by atoms with van der Waals surface area (Å²) in [5.41, 5.74) is 4.10. The van der Waals surface area contributed by atoms with E-state index in [1.54, 1.807) is 29.8 Å². The Bertz CT molecular complexity index is 1030. The molecule has 0 unspecified atom stereocenters. The third-order valence-corrected chi connectivity index (χ3v) is 6.35. The van der Waals surface area contributed by atoms with Gasteiger partial charge in [-0.25, -0.2) is 9.78 Å². The quantitative estimate of drug-likeness (QED) is 0.537. The van der Waals surface area contributed by atoms with Gasteiger partial charge in [-0.1, -0.05) is 11.6 Å². The van der Waals surface area contributed by atoms with E-state index in [1.807, 2.05) is 18.2 Å². The number of nitrogens with one attached hydrogen (secondary N) is 1. The standard InChI is InChI=1S/C22H22ClN3O3S/c23-17-3-1-15(2-4-17)21(27)16-7-9-26(10-8-16)11-12-29-22(28)25-18-5-6-19-20(13-18)30-14-24-19/h1-6,13-14,16H,7-12H2,(H,25,28). The molecule has 30 heavy (non-hydrogen) atoms. The lowest BCUT2D eigenvalue weighted by Crippen LogP contribution is -2.38. The van der Waals surface area contributed by atoms with Crippen molar-refractivity contribution < 1.29 is 14.3 Å². The first-order chi connectivity index (χ1) is 14.6. The summed E-state index contributed by atoms with van der Waals surface area (Å²) in [4.78, 5) is 31.1. The first kappa shape index (κ1) is 20.8. The Morgan fingerprint density at radius 1 is 1.17 bits per heavy atom. The first-order valence-electron chi connectivity index (χ1n) is 9.87. The van der Waals surface area contributed by atoms with Crippen LogP contribution < -0.4 is 5.32 Å². The number of halogens is 1. The van der Waals surface area contributed by atoms with Crippen molar-refractivity contribution in [1.29, 1.82) is 0 Å². The van der Waals surface area contributed by atoms with E-state index in [2.05, 4.69) is 15.2 Å². The largest absolute Gasteiger partial charge is 0.448 e. The predicted molar refractivity (Wildman–Crippen MR) is 120 cm³/mol. The molecule has 1 aliphatic rings. The fourth-order valence-electron chi connectivity index (χ4n) is 3.62. The number of thiazole rings is 1. The molecule has 6 nitrogen and oxygen atoms in total. The second-order valence-corrected chi connectivity index (χ2v) is 8.61. The molecule has 2 aromatic carbocycles. The third kappa shape index (κ3) is 5.16. The number of ketones is 1. The summed E-state index contributed by atoms with van der Waals surface area (Å²) < 4.78 is 6.33. The molecule has 156 valence electrons. The Hall–Kier alpha value is -2.48. The number of rotatable bonds is 6. The summed E-state index contributed by atoms with van der Waals surface area (Å²) in [5, 5.41) is 3.38. The van der Waals surface area contributed by atoms with E-state index in [0.29, 0.717) is 23.9 Å². The van der Waals surface area contributed by atoms with E-state index in [1.165, 1.54) is 11.3 Å². The Morgan fingerprint density at radius 3 is 2.70 bits per heavy atom. The first-order valence-corrected chi connectivity index (χ1v) is 11.1. The maximum Gasteiger partial charge on any atom is 0.411 e. The van der Waals surface area contributed by atoms with Crippen molar-refractivity contribution in [2.75, 3.05) is 31.6 Å². The minimum Gasteiger partial charge on any atom is -0.448 e. The molecule has 0 spiro atoms. The summed E-state index contributed by atoms with van der Waals surface area (Å²) in [5.74, 6) is 0.216. The molecule has 0 bridgehead atoms. The van der Waals surface area contributed by atoms with E-state index < -0.39 is 6.09 Å². The normalized spacial score (nSPS) is 15.2. The molecule has 1 fully saturated rings. The molecule has 0 radical (unpaired) electrons. The van der Waals surface area contributed by atoms with Crippen LogP contribution in [0.5, 0.6) is 0 Å². The van der Waals surface area contributed by atoms with Crippen molar-refractivity contribution in [2.45, 2.75) is 12.8 Å². The van der Waals surface area contributed by atoms with Crippen LogP contribution in [0.15, 0.2) is 48.0 Å². The Labute approximate surface area is 183 Å². The molecule has 0 saturated carbocycles. The number of fused-ring (bicyclic) bond motifs is 1. The predicted octanol–water partition coefficient (Wildman–Crippen LogP) is 5.09. The highest BCUT2D eigenvalue weighted by Crippen LogP contribution is 2.23. The number of hydrogen-bond acceptors (Lipinski definition) is 6. The molecule has 0 aliphatic carbocycles. The Kier molecular flexibility index (Phi) is 6.62. The fourth-order valence-corrected chi connectivity index (χ4v) is 4.47. The van der Waals surface area contributed by atoms with Crippen molar-refractivity contribution in [3.63, 3.8) is 0 Å². The van der Waals surface area contributed by atoms with Gasteiger partial charge >= 0.3 is 6.09 Å². The van der Waals surface area contributed by atoms with Crippen molar-refractivity contribution in [2.24, 2.45) is 5.92 Å². The SMILES string of the molecule is O=C(Nc1ccc2ncsc2c1)OCCN1CCC(C(=O)c2ccc(Cl)cc2)CC1. The highest BCUT2D eigenvalue weighted by Gasteiger charge is 2.25. The number of carbonyl (C=O) groups excluding carboxylic acids is 2. The van der Waals surface area contributed by atoms with Crippen LogP contribution in [0.4, 0.5) is 10.5 Å². The average molecular weight is 444 g/mol. The molecule has 3 aromatic rings. The van der Waals surface area contributed by atoms with Gasteiger partial charge < -0.3 is 4.74 Å². The topological polar surface area (TPSA) is 71.5 Å². The smallest absolute Gasteiger partial charge is 0.411 e. The number of piperidine rings is 1. The lowest BCUT2D eigenvalue weighted by atomic mass is 9.89. The van der Waals surface area contributed by atoms with Gasteiger partial charge in [-0.05, 0) is 68.4 Å².